The van der Waals surface area contributed by atoms with Gasteiger partial charge < -0.3 is 14.8 Å². The number of hydrogen-bond donors (Lipinski definition) is 1. The molecule has 4 heterocycles. The first-order chi connectivity index (χ1) is 15.7. The van der Waals surface area contributed by atoms with Gasteiger partial charge >= 0.3 is 5.97 Å². The van der Waals surface area contributed by atoms with Gasteiger partial charge in [0.15, 0.2) is 0 Å². The summed E-state index contributed by atoms with van der Waals surface area (Å²) in [5.74, 6) is 1.12. The van der Waals surface area contributed by atoms with E-state index in [1.54, 1.807) is 29.8 Å². The molecule has 0 aliphatic carbocycles. The van der Waals surface area contributed by atoms with Crippen molar-refractivity contribution in [2.45, 2.75) is 12.1 Å². The van der Waals surface area contributed by atoms with Gasteiger partial charge in [-0.3, -0.25) is 0 Å². The Hall–Kier alpha value is -3.91. The Balaban J connectivity index is 1.56. The number of methoxy groups -OCH3 is 1. The predicted octanol–water partition coefficient (Wildman–Crippen LogP) is 4.69. The summed E-state index contributed by atoms with van der Waals surface area (Å²) in [6.07, 6.45) is 1.19. The number of para-hydroxylation sites is 1. The van der Waals surface area contributed by atoms with E-state index in [9.17, 15) is 4.79 Å². The van der Waals surface area contributed by atoms with Crippen molar-refractivity contribution in [1.29, 1.82) is 0 Å². The first-order valence-electron chi connectivity index (χ1n) is 10.1. The van der Waals surface area contributed by atoms with Gasteiger partial charge in [0.05, 0.1) is 18.4 Å². The molecule has 2 aromatic heterocycles. The topological polar surface area (TPSA) is 78.3 Å². The fourth-order valence-corrected chi connectivity index (χ4v) is 5.15. The highest BCUT2D eigenvalue weighted by molar-refractivity contribution is 7.10. The molecule has 0 unspecified atom stereocenters. The van der Waals surface area contributed by atoms with Crippen molar-refractivity contribution >= 4 is 29.0 Å². The summed E-state index contributed by atoms with van der Waals surface area (Å²) < 4.78 is 13.3. The zero-order valence-corrected chi connectivity index (χ0v) is 17.9. The van der Waals surface area contributed by atoms with E-state index in [1.807, 2.05) is 47.1 Å². The second-order valence-corrected chi connectivity index (χ2v) is 8.49. The van der Waals surface area contributed by atoms with Gasteiger partial charge in [-0.2, -0.15) is 10.1 Å². The van der Waals surface area contributed by atoms with E-state index in [0.29, 0.717) is 11.5 Å². The van der Waals surface area contributed by atoms with Crippen LogP contribution in [0.2, 0.25) is 0 Å². The van der Waals surface area contributed by atoms with Gasteiger partial charge in [-0.05, 0) is 41.3 Å². The van der Waals surface area contributed by atoms with Gasteiger partial charge in [-0.15, -0.1) is 11.3 Å². The van der Waals surface area contributed by atoms with Crippen LogP contribution < -0.4 is 10.1 Å². The van der Waals surface area contributed by atoms with Crippen LogP contribution in [-0.2, 0) is 4.74 Å². The van der Waals surface area contributed by atoms with Crippen LogP contribution in [-0.4, -0.2) is 27.8 Å². The minimum atomic E-state index is -0.372. The maximum absolute atomic E-state index is 11.9. The molecule has 2 aliphatic heterocycles. The third kappa shape index (κ3) is 2.84. The van der Waals surface area contributed by atoms with Crippen LogP contribution in [0.5, 0.6) is 5.75 Å². The van der Waals surface area contributed by atoms with Gasteiger partial charge in [0.1, 0.15) is 24.2 Å². The number of fused-ring (bicyclic) bond motifs is 3. The molecule has 2 atom stereocenters. The summed E-state index contributed by atoms with van der Waals surface area (Å²) in [6, 6.07) is 19.3. The summed E-state index contributed by atoms with van der Waals surface area (Å²) in [5, 5.41) is 10.1. The largest absolute Gasteiger partial charge is 0.480 e. The zero-order chi connectivity index (χ0) is 21.7. The molecule has 8 heteroatoms. The molecule has 2 aromatic carbocycles. The average molecular weight is 443 g/mol. The molecule has 0 fully saturated rings. The second-order valence-electron chi connectivity index (χ2n) is 7.51. The lowest BCUT2D eigenvalue weighted by molar-refractivity contribution is 0.0600. The molecule has 0 saturated carbocycles. The van der Waals surface area contributed by atoms with Gasteiger partial charge in [-0.25, -0.2) is 9.48 Å². The standard InChI is InChI=1S/C24H18N4O3S/c1-30-23(29)15-10-8-14(9-11-15)22-19-20(16-5-2-3-6-17(16)31-22)27-24-25-13-26-28(24)21(19)18-7-4-12-32-18/h2-13,21-22H,1H3,(H,25,26,27)/t21-,22-/m1/s1. The Labute approximate surface area is 187 Å². The summed E-state index contributed by atoms with van der Waals surface area (Å²) in [4.78, 5) is 17.5. The third-order valence-corrected chi connectivity index (χ3v) is 6.69. The molecule has 1 N–H and O–H groups in total. The number of nitrogens with one attached hydrogen (secondary N) is 1. The fourth-order valence-electron chi connectivity index (χ4n) is 4.32. The van der Waals surface area contributed by atoms with Gasteiger partial charge in [0, 0.05) is 16.0 Å². The molecule has 6 rings (SSSR count). The van der Waals surface area contributed by atoms with Crippen LogP contribution in [0.3, 0.4) is 0 Å². The predicted molar refractivity (Wildman–Crippen MR) is 121 cm³/mol. The van der Waals surface area contributed by atoms with E-state index in [1.165, 1.54) is 7.11 Å². The molecule has 0 saturated heterocycles. The normalized spacial score (nSPS) is 18.7. The number of rotatable bonds is 3. The summed E-state index contributed by atoms with van der Waals surface area (Å²) in [5.41, 5.74) is 4.45. The minimum Gasteiger partial charge on any atom is -0.480 e. The fraction of sp³-hybridized carbons (Fsp3) is 0.125. The van der Waals surface area contributed by atoms with Crippen LogP contribution >= 0.6 is 11.3 Å². The van der Waals surface area contributed by atoms with E-state index in [-0.39, 0.29) is 18.1 Å². The quantitative estimate of drug-likeness (QED) is 0.464. The number of aromatic nitrogens is 3. The Morgan fingerprint density at radius 3 is 2.75 bits per heavy atom. The third-order valence-electron chi connectivity index (χ3n) is 5.77. The van der Waals surface area contributed by atoms with Crippen LogP contribution in [0.4, 0.5) is 5.95 Å². The molecule has 0 spiro atoms. The Morgan fingerprint density at radius 2 is 1.97 bits per heavy atom. The maximum Gasteiger partial charge on any atom is 0.337 e. The molecule has 7 nitrogen and oxygen atoms in total. The lowest BCUT2D eigenvalue weighted by Gasteiger charge is -2.38. The van der Waals surface area contributed by atoms with Crippen molar-refractivity contribution in [3.05, 3.63) is 99.5 Å². The van der Waals surface area contributed by atoms with Crippen molar-refractivity contribution in [3.8, 4) is 5.75 Å². The molecule has 32 heavy (non-hydrogen) atoms. The maximum atomic E-state index is 11.9. The highest BCUT2D eigenvalue weighted by atomic mass is 32.1. The number of anilines is 1. The highest BCUT2D eigenvalue weighted by Gasteiger charge is 2.41. The monoisotopic (exact) mass is 442 g/mol. The lowest BCUT2D eigenvalue weighted by atomic mass is 9.86. The van der Waals surface area contributed by atoms with E-state index in [0.717, 1.165) is 33.0 Å². The Bertz CT molecular complexity index is 1340. The molecule has 2 aliphatic rings. The number of nitrogens with zero attached hydrogens (tertiary/aromatic N) is 3. The molecular formula is C24H18N4O3S. The number of ether oxygens (including phenoxy) is 2. The van der Waals surface area contributed by atoms with Gasteiger partial charge in [-0.1, -0.05) is 30.3 Å². The van der Waals surface area contributed by atoms with Gasteiger partial charge in [0.25, 0.3) is 0 Å². The number of esters is 1. The van der Waals surface area contributed by atoms with Crippen LogP contribution in [0.15, 0.2) is 77.9 Å². The first-order valence-corrected chi connectivity index (χ1v) is 11.0. The SMILES string of the molecule is COC(=O)c1ccc([C@H]2Oc3ccccc3C3=C2[C@@H](c2cccs2)n2ncnc2N3)cc1. The van der Waals surface area contributed by atoms with Crippen molar-refractivity contribution in [1.82, 2.24) is 14.8 Å². The average Bonchev–Trinajstić information content (AvgIpc) is 3.54. The van der Waals surface area contributed by atoms with E-state index in [4.69, 9.17) is 9.47 Å². The Morgan fingerprint density at radius 1 is 1.12 bits per heavy atom. The lowest BCUT2D eigenvalue weighted by Crippen LogP contribution is -2.32. The van der Waals surface area contributed by atoms with Crippen molar-refractivity contribution in [2.75, 3.05) is 12.4 Å². The zero-order valence-electron chi connectivity index (χ0n) is 17.1. The smallest absolute Gasteiger partial charge is 0.337 e. The summed E-state index contributed by atoms with van der Waals surface area (Å²) in [6.45, 7) is 0. The van der Waals surface area contributed by atoms with Crippen LogP contribution in [0.1, 0.15) is 38.5 Å². The van der Waals surface area contributed by atoms with Crippen molar-refractivity contribution in [3.63, 3.8) is 0 Å². The second kappa shape index (κ2) is 7.35. The minimum absolute atomic E-state index is 0.164. The van der Waals surface area contributed by atoms with Crippen molar-refractivity contribution in [2.24, 2.45) is 0 Å². The van der Waals surface area contributed by atoms with Crippen LogP contribution in [0.25, 0.3) is 5.70 Å². The molecule has 158 valence electrons. The number of benzene rings is 2. The first kappa shape index (κ1) is 18.8. The van der Waals surface area contributed by atoms with E-state index < -0.39 is 0 Å². The molecular weight excluding hydrogens is 424 g/mol. The number of thiophene rings is 1. The molecule has 0 amide bonds. The van der Waals surface area contributed by atoms with E-state index in [2.05, 4.69) is 26.8 Å². The number of hydrogen-bond acceptors (Lipinski definition) is 7. The van der Waals surface area contributed by atoms with Gasteiger partial charge in [0.2, 0.25) is 5.95 Å². The van der Waals surface area contributed by atoms with E-state index >= 15 is 0 Å². The summed E-state index contributed by atoms with van der Waals surface area (Å²) in [7, 11) is 1.38. The molecule has 0 radical (unpaired) electrons. The molecule has 0 bridgehead atoms. The Kier molecular flexibility index (Phi) is 4.32. The highest BCUT2D eigenvalue weighted by Crippen LogP contribution is 2.51. The number of carbonyl (C=O) groups is 1. The summed E-state index contributed by atoms with van der Waals surface area (Å²) >= 11 is 1.67. The van der Waals surface area contributed by atoms with Crippen LogP contribution in [0, 0.1) is 0 Å². The van der Waals surface area contributed by atoms with Crippen molar-refractivity contribution < 1.29 is 14.3 Å². The molecule has 4 aromatic rings. The number of carbonyl (C=O) groups excluding carboxylic acids is 1.